The van der Waals surface area contributed by atoms with Gasteiger partial charge in [0.1, 0.15) is 0 Å². The van der Waals surface area contributed by atoms with Crippen LogP contribution in [0.4, 0.5) is 10.8 Å². The third-order valence-corrected chi connectivity index (χ3v) is 5.28. The van der Waals surface area contributed by atoms with Gasteiger partial charge in [0.2, 0.25) is 5.13 Å². The zero-order chi connectivity index (χ0) is 13.9. The van der Waals surface area contributed by atoms with E-state index in [0.717, 1.165) is 5.69 Å². The van der Waals surface area contributed by atoms with Gasteiger partial charge in [0.05, 0.1) is 5.75 Å². The first-order valence-corrected chi connectivity index (χ1v) is 8.31. The van der Waals surface area contributed by atoms with Gasteiger partial charge in [-0.1, -0.05) is 23.1 Å². The number of thiophene rings is 1. The summed E-state index contributed by atoms with van der Waals surface area (Å²) in [5.74, 6) is -0.863. The molecular weight excluding hydrogens is 314 g/mol. The van der Waals surface area contributed by atoms with Crippen LogP contribution in [0.1, 0.15) is 0 Å². The minimum absolute atomic E-state index is 0.00447. The van der Waals surface area contributed by atoms with Crippen LogP contribution in [0.2, 0.25) is 0 Å². The summed E-state index contributed by atoms with van der Waals surface area (Å²) < 4.78 is 1.89. The highest BCUT2D eigenvalue weighted by Crippen LogP contribution is 2.29. The zero-order valence-corrected chi connectivity index (χ0v) is 12.5. The van der Waals surface area contributed by atoms with Gasteiger partial charge >= 0.3 is 5.97 Å². The fourth-order valence-corrected chi connectivity index (χ4v) is 3.87. The summed E-state index contributed by atoms with van der Waals surface area (Å²) in [6.45, 7) is 0. The van der Waals surface area contributed by atoms with Crippen molar-refractivity contribution in [3.05, 3.63) is 29.6 Å². The molecule has 0 atom stereocenters. The first-order chi connectivity index (χ1) is 9.70. The van der Waals surface area contributed by atoms with Crippen molar-refractivity contribution in [3.63, 3.8) is 0 Å². The SMILES string of the molecule is O=C(O)CSc1nnc(Nc2ccc3sccc3c2)s1. The van der Waals surface area contributed by atoms with Gasteiger partial charge in [-0.05, 0) is 35.0 Å². The predicted octanol–water partition coefficient (Wildman–Crippen LogP) is 3.67. The number of thioether (sulfide) groups is 1. The van der Waals surface area contributed by atoms with E-state index in [1.54, 1.807) is 11.3 Å². The molecule has 0 saturated carbocycles. The molecule has 3 rings (SSSR count). The van der Waals surface area contributed by atoms with Crippen LogP contribution in [0, 0.1) is 0 Å². The van der Waals surface area contributed by atoms with Gasteiger partial charge in [-0.2, -0.15) is 0 Å². The van der Waals surface area contributed by atoms with E-state index < -0.39 is 5.97 Å². The Bertz CT molecular complexity index is 753. The molecule has 2 heterocycles. The molecule has 2 aromatic heterocycles. The molecule has 0 bridgehead atoms. The summed E-state index contributed by atoms with van der Waals surface area (Å²) >= 11 is 4.22. The molecule has 0 aliphatic rings. The molecule has 3 aromatic rings. The van der Waals surface area contributed by atoms with Gasteiger partial charge < -0.3 is 10.4 Å². The molecule has 1 aromatic carbocycles. The largest absolute Gasteiger partial charge is 0.481 e. The number of carboxylic acid groups (broad SMARTS) is 1. The second-order valence-corrected chi connectivity index (χ2v) is 7.00. The summed E-state index contributed by atoms with van der Waals surface area (Å²) in [6, 6.07) is 8.17. The van der Waals surface area contributed by atoms with E-state index >= 15 is 0 Å². The van der Waals surface area contributed by atoms with Crippen LogP contribution in [0.25, 0.3) is 10.1 Å². The number of rotatable bonds is 5. The molecule has 0 aliphatic heterocycles. The Hall–Kier alpha value is -1.64. The molecular formula is C12H9N3O2S3. The van der Waals surface area contributed by atoms with Crippen molar-refractivity contribution in [1.29, 1.82) is 0 Å². The average molecular weight is 323 g/mol. The number of hydrogen-bond donors (Lipinski definition) is 2. The van der Waals surface area contributed by atoms with Crippen LogP contribution >= 0.6 is 34.4 Å². The molecule has 5 nitrogen and oxygen atoms in total. The number of carbonyl (C=O) groups is 1. The number of nitrogens with one attached hydrogen (secondary N) is 1. The quantitative estimate of drug-likeness (QED) is 0.698. The molecule has 8 heteroatoms. The monoisotopic (exact) mass is 323 g/mol. The Kier molecular flexibility index (Phi) is 3.86. The van der Waals surface area contributed by atoms with Crippen molar-refractivity contribution in [2.24, 2.45) is 0 Å². The first kappa shape index (κ1) is 13.3. The maximum Gasteiger partial charge on any atom is 0.313 e. The molecule has 2 N–H and O–H groups in total. The number of fused-ring (bicyclic) bond motifs is 1. The lowest BCUT2D eigenvalue weighted by Gasteiger charge is -2.01. The highest BCUT2D eigenvalue weighted by atomic mass is 32.2. The minimum atomic E-state index is -0.859. The van der Waals surface area contributed by atoms with Crippen molar-refractivity contribution in [1.82, 2.24) is 10.2 Å². The molecule has 102 valence electrons. The Morgan fingerprint density at radius 1 is 1.35 bits per heavy atom. The molecule has 0 aliphatic carbocycles. The molecule has 20 heavy (non-hydrogen) atoms. The van der Waals surface area contributed by atoms with Crippen molar-refractivity contribution in [3.8, 4) is 0 Å². The zero-order valence-electron chi connectivity index (χ0n) is 10.1. The van der Waals surface area contributed by atoms with Gasteiger partial charge in [-0.3, -0.25) is 4.79 Å². The van der Waals surface area contributed by atoms with Gasteiger partial charge in [0, 0.05) is 10.4 Å². The normalized spacial score (nSPS) is 10.8. The lowest BCUT2D eigenvalue weighted by atomic mass is 10.2. The van der Waals surface area contributed by atoms with E-state index in [-0.39, 0.29) is 5.75 Å². The Morgan fingerprint density at radius 2 is 2.25 bits per heavy atom. The minimum Gasteiger partial charge on any atom is -0.481 e. The van der Waals surface area contributed by atoms with Crippen LogP contribution in [-0.2, 0) is 4.79 Å². The van der Waals surface area contributed by atoms with Crippen LogP contribution < -0.4 is 5.32 Å². The van der Waals surface area contributed by atoms with E-state index in [4.69, 9.17) is 5.11 Å². The van der Waals surface area contributed by atoms with E-state index in [2.05, 4.69) is 39.1 Å². The standard InChI is InChI=1S/C12H9N3O2S3/c16-10(17)6-19-12-15-14-11(20-12)13-8-1-2-9-7(5-8)3-4-18-9/h1-5H,6H2,(H,13,14)(H,16,17). The number of benzene rings is 1. The molecule has 0 radical (unpaired) electrons. The van der Waals surface area contributed by atoms with Crippen LogP contribution in [0.3, 0.4) is 0 Å². The van der Waals surface area contributed by atoms with E-state index in [1.165, 1.54) is 33.2 Å². The maximum atomic E-state index is 10.5. The van der Waals surface area contributed by atoms with Crippen molar-refractivity contribution >= 4 is 61.3 Å². The highest BCUT2D eigenvalue weighted by Gasteiger charge is 2.07. The van der Waals surface area contributed by atoms with Crippen molar-refractivity contribution < 1.29 is 9.90 Å². The fraction of sp³-hybridized carbons (Fsp3) is 0.0833. The topological polar surface area (TPSA) is 75.1 Å². The van der Waals surface area contributed by atoms with Crippen LogP contribution in [-0.4, -0.2) is 27.0 Å². The first-order valence-electron chi connectivity index (χ1n) is 5.63. The molecule has 0 fully saturated rings. The molecule has 0 spiro atoms. The van der Waals surface area contributed by atoms with E-state index in [1.807, 2.05) is 6.07 Å². The van der Waals surface area contributed by atoms with Crippen molar-refractivity contribution in [2.75, 3.05) is 11.1 Å². The Balaban J connectivity index is 1.72. The summed E-state index contributed by atoms with van der Waals surface area (Å²) in [6.07, 6.45) is 0. The predicted molar refractivity (Wildman–Crippen MR) is 83.4 cm³/mol. The second-order valence-electron chi connectivity index (χ2n) is 3.85. The smallest absolute Gasteiger partial charge is 0.313 e. The van der Waals surface area contributed by atoms with Gasteiger partial charge in [-0.15, -0.1) is 21.5 Å². The van der Waals surface area contributed by atoms with Crippen molar-refractivity contribution in [2.45, 2.75) is 4.34 Å². The molecule has 0 unspecified atom stereocenters. The lowest BCUT2D eigenvalue weighted by molar-refractivity contribution is -0.133. The Morgan fingerprint density at radius 3 is 3.10 bits per heavy atom. The second kappa shape index (κ2) is 5.78. The van der Waals surface area contributed by atoms with E-state index in [9.17, 15) is 4.79 Å². The third kappa shape index (κ3) is 3.09. The summed E-state index contributed by atoms with van der Waals surface area (Å²) in [5.41, 5.74) is 0.946. The summed E-state index contributed by atoms with van der Waals surface area (Å²) in [5, 5.41) is 23.6. The van der Waals surface area contributed by atoms with Gasteiger partial charge in [-0.25, -0.2) is 0 Å². The fourth-order valence-electron chi connectivity index (χ4n) is 1.61. The van der Waals surface area contributed by atoms with Crippen LogP contribution in [0.5, 0.6) is 0 Å². The number of aliphatic carboxylic acids is 1. The number of carboxylic acids is 1. The highest BCUT2D eigenvalue weighted by molar-refractivity contribution is 8.01. The number of anilines is 2. The number of hydrogen-bond acceptors (Lipinski definition) is 7. The average Bonchev–Trinajstić information content (AvgIpc) is 3.04. The molecule has 0 saturated heterocycles. The number of nitrogens with zero attached hydrogens (tertiary/aromatic N) is 2. The van der Waals surface area contributed by atoms with Gasteiger partial charge in [0.15, 0.2) is 4.34 Å². The lowest BCUT2D eigenvalue weighted by Crippen LogP contribution is -1.96. The maximum absolute atomic E-state index is 10.5. The summed E-state index contributed by atoms with van der Waals surface area (Å²) in [4.78, 5) is 10.5. The third-order valence-electron chi connectivity index (χ3n) is 2.43. The molecule has 0 amide bonds. The van der Waals surface area contributed by atoms with E-state index in [0.29, 0.717) is 9.47 Å². The Labute approximate surface area is 126 Å². The summed E-state index contributed by atoms with van der Waals surface area (Å²) in [7, 11) is 0. The van der Waals surface area contributed by atoms with Gasteiger partial charge in [0.25, 0.3) is 0 Å². The van der Waals surface area contributed by atoms with Crippen LogP contribution in [0.15, 0.2) is 34.0 Å². The number of aromatic nitrogens is 2.